The highest BCUT2D eigenvalue weighted by Gasteiger charge is 2.52. The molecule has 2 aromatic rings. The van der Waals surface area contributed by atoms with Gasteiger partial charge < -0.3 is 10.1 Å². The van der Waals surface area contributed by atoms with E-state index in [1.54, 1.807) is 57.4 Å². The monoisotopic (exact) mass is 555 g/mol. The van der Waals surface area contributed by atoms with Crippen LogP contribution in [0.1, 0.15) is 59.4 Å². The molecule has 0 radical (unpaired) electrons. The van der Waals surface area contributed by atoms with Crippen molar-refractivity contribution in [2.75, 3.05) is 6.26 Å². The molecule has 0 aromatic heterocycles. The van der Waals surface area contributed by atoms with Crippen molar-refractivity contribution in [1.29, 1.82) is 5.26 Å². The predicted octanol–water partition coefficient (Wildman–Crippen LogP) is 5.60. The summed E-state index contributed by atoms with van der Waals surface area (Å²) in [5, 5.41) is 12.5. The van der Waals surface area contributed by atoms with Crippen LogP contribution in [0, 0.1) is 23.1 Å². The van der Waals surface area contributed by atoms with Gasteiger partial charge in [-0.15, -0.1) is 0 Å². The van der Waals surface area contributed by atoms with Crippen LogP contribution in [0.15, 0.2) is 47.4 Å². The minimum atomic E-state index is -1.15. The normalized spacial score (nSPS) is 21.3. The van der Waals surface area contributed by atoms with E-state index in [0.29, 0.717) is 16.0 Å². The van der Waals surface area contributed by atoms with E-state index >= 15 is 4.39 Å². The number of ether oxygens (including phenoxy) is 1. The second-order valence-corrected chi connectivity index (χ2v) is 12.1. The fourth-order valence-electron chi connectivity index (χ4n) is 5.26. The predicted molar refractivity (Wildman–Crippen MR) is 150 cm³/mol. The molecule has 2 aromatic carbocycles. The van der Waals surface area contributed by atoms with Gasteiger partial charge in [0.1, 0.15) is 23.5 Å². The number of benzene rings is 2. The molecule has 1 aliphatic carbocycles. The van der Waals surface area contributed by atoms with Crippen molar-refractivity contribution < 1.29 is 22.9 Å². The fourth-order valence-corrected chi connectivity index (χ4v) is 5.82. The molecule has 2 bridgehead atoms. The summed E-state index contributed by atoms with van der Waals surface area (Å²) in [6.45, 7) is 9.34. The molecule has 0 spiro atoms. The number of piperidine rings is 1. The van der Waals surface area contributed by atoms with Gasteiger partial charge in [-0.2, -0.15) is 5.26 Å². The number of hydrogen-bond acceptors (Lipinski definition) is 5. The first-order chi connectivity index (χ1) is 18.5. The molecule has 2 amide bonds. The number of amides is 2. The van der Waals surface area contributed by atoms with Crippen LogP contribution in [0.4, 0.5) is 9.18 Å². The summed E-state index contributed by atoms with van der Waals surface area (Å²) in [7, 11) is -1.15. The molecule has 1 saturated carbocycles. The van der Waals surface area contributed by atoms with Crippen LogP contribution in [0.5, 0.6) is 0 Å². The number of hydrogen-bond donors (Lipinski definition) is 1. The molecule has 1 aliphatic heterocycles. The van der Waals surface area contributed by atoms with Gasteiger partial charge in [0.2, 0.25) is 5.91 Å². The minimum Gasteiger partial charge on any atom is -0.444 e. The lowest BCUT2D eigenvalue weighted by atomic mass is 9.97. The number of carbonyl (C=O) groups excluding carboxylic acids is 2. The second kappa shape index (κ2) is 12.7. The van der Waals surface area contributed by atoms with E-state index in [1.807, 2.05) is 19.9 Å². The maximum atomic E-state index is 15.0. The Bertz CT molecular complexity index is 1270. The first-order valence-corrected chi connectivity index (χ1v) is 15.0. The molecule has 9 heteroatoms. The van der Waals surface area contributed by atoms with Gasteiger partial charge in [0.15, 0.2) is 0 Å². The van der Waals surface area contributed by atoms with Crippen molar-refractivity contribution in [2.24, 2.45) is 5.92 Å². The van der Waals surface area contributed by atoms with Crippen molar-refractivity contribution in [3.05, 3.63) is 53.8 Å². The lowest BCUT2D eigenvalue weighted by Gasteiger charge is -2.35. The average molecular weight is 556 g/mol. The molecule has 1 saturated heterocycles. The summed E-state index contributed by atoms with van der Waals surface area (Å²) in [4.78, 5) is 28.3. The number of nitrogens with zero attached hydrogens (tertiary/aromatic N) is 2. The Hall–Kier alpha value is -3.25. The van der Waals surface area contributed by atoms with Gasteiger partial charge in [0.25, 0.3) is 0 Å². The molecule has 7 nitrogen and oxygen atoms in total. The van der Waals surface area contributed by atoms with Gasteiger partial charge in [-0.25, -0.2) is 9.18 Å². The van der Waals surface area contributed by atoms with Gasteiger partial charge >= 0.3 is 6.09 Å². The van der Waals surface area contributed by atoms with Crippen LogP contribution in [-0.4, -0.2) is 51.1 Å². The zero-order valence-electron chi connectivity index (χ0n) is 23.5. The van der Waals surface area contributed by atoms with Gasteiger partial charge in [0.05, 0.1) is 6.07 Å². The van der Waals surface area contributed by atoms with Crippen molar-refractivity contribution >= 4 is 22.8 Å². The van der Waals surface area contributed by atoms with E-state index < -0.39 is 46.3 Å². The summed E-state index contributed by atoms with van der Waals surface area (Å²) in [5.74, 6) is -0.891. The summed E-state index contributed by atoms with van der Waals surface area (Å²) in [6.07, 6.45) is 3.44. The Morgan fingerprint density at radius 2 is 1.87 bits per heavy atom. The maximum Gasteiger partial charge on any atom is 0.411 e. The van der Waals surface area contributed by atoms with Crippen LogP contribution in [0.2, 0.25) is 0 Å². The van der Waals surface area contributed by atoms with E-state index in [4.69, 9.17) is 4.74 Å². The molecule has 39 heavy (non-hydrogen) atoms. The zero-order chi connectivity index (χ0) is 28.9. The molecule has 2 fully saturated rings. The largest absolute Gasteiger partial charge is 0.444 e. The third-order valence-electron chi connectivity index (χ3n) is 6.91. The number of halogens is 1. The SMILES string of the molecule is CC.CS(=O)c1cccc(-c2ccc(C[C@@H](C#N)NC(=O)C3C4CCC(C4)N3C(=O)OC(C)(C)C)c(F)c2)c1. The van der Waals surface area contributed by atoms with Gasteiger partial charge in [-0.05, 0) is 80.8 Å². The standard InChI is InChI=1S/C28H32FN3O4S.C2H6/c1-28(2,3)36-27(34)32-22-11-10-20(13-22)25(32)26(33)31-21(16-30)12-19-9-8-18(15-24(19)29)17-6-5-7-23(14-17)37(4)35;1-2/h5-9,14-15,20-22,25H,10-13H2,1-4H3,(H,31,33);1-2H3/t20?,21-,22?,25?,37?;/m0./s1. The molecule has 1 heterocycles. The van der Waals surface area contributed by atoms with Crippen LogP contribution in [0.25, 0.3) is 11.1 Å². The van der Waals surface area contributed by atoms with Crippen molar-refractivity contribution in [3.63, 3.8) is 0 Å². The topological polar surface area (TPSA) is 99.5 Å². The number of nitrogens with one attached hydrogen (secondary N) is 1. The number of nitriles is 1. The quantitative estimate of drug-likeness (QED) is 0.501. The van der Waals surface area contributed by atoms with Crippen molar-refractivity contribution in [2.45, 2.75) is 88.9 Å². The zero-order valence-corrected chi connectivity index (χ0v) is 24.3. The van der Waals surface area contributed by atoms with E-state index in [0.717, 1.165) is 24.8 Å². The summed E-state index contributed by atoms with van der Waals surface area (Å²) in [6, 6.07) is 12.2. The molecule has 4 unspecified atom stereocenters. The molecule has 5 atom stereocenters. The number of likely N-dealkylation sites (tertiary alicyclic amines) is 1. The van der Waals surface area contributed by atoms with Gasteiger partial charge in [-0.1, -0.05) is 38.1 Å². The Morgan fingerprint density at radius 3 is 2.49 bits per heavy atom. The lowest BCUT2D eigenvalue weighted by Crippen LogP contribution is -2.55. The van der Waals surface area contributed by atoms with Crippen LogP contribution in [-0.2, 0) is 26.8 Å². The van der Waals surface area contributed by atoms with Crippen LogP contribution >= 0.6 is 0 Å². The summed E-state index contributed by atoms with van der Waals surface area (Å²) < 4.78 is 32.4. The first kappa shape index (κ1) is 30.3. The fraction of sp³-hybridized carbons (Fsp3) is 0.500. The van der Waals surface area contributed by atoms with Crippen molar-refractivity contribution in [3.8, 4) is 17.2 Å². The van der Waals surface area contributed by atoms with E-state index in [-0.39, 0.29) is 18.4 Å². The average Bonchev–Trinajstić information content (AvgIpc) is 3.51. The highest BCUT2D eigenvalue weighted by molar-refractivity contribution is 7.84. The number of fused-ring (bicyclic) bond motifs is 2. The Kier molecular flexibility index (Phi) is 9.89. The first-order valence-electron chi connectivity index (χ1n) is 13.4. The molecule has 210 valence electrons. The Labute approximate surface area is 233 Å². The van der Waals surface area contributed by atoms with Crippen molar-refractivity contribution in [1.82, 2.24) is 10.2 Å². The maximum absolute atomic E-state index is 15.0. The molecule has 2 aliphatic rings. The third-order valence-corrected chi connectivity index (χ3v) is 7.82. The Morgan fingerprint density at radius 1 is 1.18 bits per heavy atom. The summed E-state index contributed by atoms with van der Waals surface area (Å²) in [5.41, 5.74) is 0.971. The molecule has 1 N–H and O–H groups in total. The van der Waals surface area contributed by atoms with Crippen LogP contribution < -0.4 is 5.32 Å². The minimum absolute atomic E-state index is 0.0133. The van der Waals surface area contributed by atoms with Gasteiger partial charge in [0, 0.05) is 34.4 Å². The smallest absolute Gasteiger partial charge is 0.411 e. The second-order valence-electron chi connectivity index (χ2n) is 10.7. The molecular formula is C30H38FN3O4S. The number of carbonyl (C=O) groups is 2. The highest BCUT2D eigenvalue weighted by atomic mass is 32.2. The summed E-state index contributed by atoms with van der Waals surface area (Å²) >= 11 is 0. The third kappa shape index (κ3) is 7.24. The van der Waals surface area contributed by atoms with E-state index in [9.17, 15) is 19.1 Å². The Balaban J connectivity index is 0.00000205. The molecular weight excluding hydrogens is 517 g/mol. The number of rotatable bonds is 6. The van der Waals surface area contributed by atoms with Crippen LogP contribution in [0.3, 0.4) is 0 Å². The molecule has 4 rings (SSSR count). The van der Waals surface area contributed by atoms with Gasteiger partial charge in [-0.3, -0.25) is 13.9 Å². The lowest BCUT2D eigenvalue weighted by molar-refractivity contribution is -0.128. The highest BCUT2D eigenvalue weighted by Crippen LogP contribution is 2.43. The van der Waals surface area contributed by atoms with E-state index in [1.165, 1.54) is 11.0 Å². The van der Waals surface area contributed by atoms with E-state index in [2.05, 4.69) is 11.4 Å².